The van der Waals surface area contributed by atoms with Crippen LogP contribution in [0, 0.1) is 12.7 Å². The number of halogens is 1. The maximum atomic E-state index is 13.2. The molecule has 6 heteroatoms. The third kappa shape index (κ3) is 4.32. The van der Waals surface area contributed by atoms with Crippen LogP contribution < -0.4 is 4.74 Å². The highest BCUT2D eigenvalue weighted by molar-refractivity contribution is 5.79. The predicted molar refractivity (Wildman–Crippen MR) is 113 cm³/mol. The summed E-state index contributed by atoms with van der Waals surface area (Å²) in [5, 5.41) is 0. The van der Waals surface area contributed by atoms with E-state index in [9.17, 15) is 9.18 Å². The molecule has 0 atom stereocenters. The lowest BCUT2D eigenvalue weighted by Gasteiger charge is -2.20. The third-order valence-electron chi connectivity index (χ3n) is 5.49. The van der Waals surface area contributed by atoms with Crippen molar-refractivity contribution in [2.75, 3.05) is 20.2 Å². The molecule has 4 rings (SSSR count). The van der Waals surface area contributed by atoms with Gasteiger partial charge >= 0.3 is 0 Å². The minimum Gasteiger partial charge on any atom is -0.497 e. The second-order valence-corrected chi connectivity index (χ2v) is 7.47. The molecule has 0 aliphatic carbocycles. The zero-order valence-corrected chi connectivity index (χ0v) is 17.2. The maximum Gasteiger partial charge on any atom is 0.227 e. The standard InChI is InChI=1S/C24H24FN3O2/c1-16-21-10-12-28(23(29)15-17-4-3-5-20(14-17)30-2)13-11-22(21)27-24(26-16)18-6-8-19(25)9-7-18/h3-9,14H,10-13,15H2,1-2H3. The van der Waals surface area contributed by atoms with E-state index in [0.717, 1.165) is 40.2 Å². The van der Waals surface area contributed by atoms with Crippen LogP contribution in [-0.4, -0.2) is 41.0 Å². The number of ether oxygens (including phenoxy) is 1. The lowest BCUT2D eigenvalue weighted by atomic mass is 10.1. The van der Waals surface area contributed by atoms with Gasteiger partial charge in [0.2, 0.25) is 5.91 Å². The molecule has 2 heterocycles. The van der Waals surface area contributed by atoms with Crippen LogP contribution in [0.25, 0.3) is 11.4 Å². The Morgan fingerprint density at radius 3 is 2.63 bits per heavy atom. The molecule has 5 nitrogen and oxygen atoms in total. The molecule has 0 unspecified atom stereocenters. The Labute approximate surface area is 175 Å². The molecule has 0 fully saturated rings. The third-order valence-corrected chi connectivity index (χ3v) is 5.49. The Bertz CT molecular complexity index is 1070. The van der Waals surface area contributed by atoms with Gasteiger partial charge in [-0.25, -0.2) is 14.4 Å². The van der Waals surface area contributed by atoms with Crippen molar-refractivity contribution in [2.24, 2.45) is 0 Å². The number of aromatic nitrogens is 2. The summed E-state index contributed by atoms with van der Waals surface area (Å²) in [5.74, 6) is 1.17. The highest BCUT2D eigenvalue weighted by Gasteiger charge is 2.22. The zero-order chi connectivity index (χ0) is 21.1. The lowest BCUT2D eigenvalue weighted by molar-refractivity contribution is -0.130. The molecule has 1 aromatic heterocycles. The van der Waals surface area contributed by atoms with Crippen LogP contribution >= 0.6 is 0 Å². The van der Waals surface area contributed by atoms with Gasteiger partial charge in [0.1, 0.15) is 11.6 Å². The van der Waals surface area contributed by atoms with Crippen molar-refractivity contribution in [3.8, 4) is 17.1 Å². The van der Waals surface area contributed by atoms with Crippen LogP contribution in [0.3, 0.4) is 0 Å². The molecular weight excluding hydrogens is 381 g/mol. The number of aryl methyl sites for hydroxylation is 1. The number of carbonyl (C=O) groups is 1. The molecule has 0 spiro atoms. The van der Waals surface area contributed by atoms with Crippen molar-refractivity contribution in [3.05, 3.63) is 76.9 Å². The predicted octanol–water partition coefficient (Wildman–Crippen LogP) is 3.77. The molecule has 3 aromatic rings. The number of rotatable bonds is 4. The van der Waals surface area contributed by atoms with Gasteiger partial charge in [-0.15, -0.1) is 0 Å². The Morgan fingerprint density at radius 2 is 1.87 bits per heavy atom. The van der Waals surface area contributed by atoms with Crippen LogP contribution in [0.5, 0.6) is 5.75 Å². The number of nitrogens with zero attached hydrogens (tertiary/aromatic N) is 3. The SMILES string of the molecule is COc1cccc(CC(=O)N2CCc3nc(-c4ccc(F)cc4)nc(C)c3CC2)c1. The molecular formula is C24H24FN3O2. The van der Waals surface area contributed by atoms with Gasteiger partial charge in [0.05, 0.1) is 13.5 Å². The van der Waals surface area contributed by atoms with Crippen molar-refractivity contribution in [2.45, 2.75) is 26.2 Å². The summed E-state index contributed by atoms with van der Waals surface area (Å²) in [6.07, 6.45) is 1.75. The van der Waals surface area contributed by atoms with Crippen LogP contribution in [0.15, 0.2) is 48.5 Å². The van der Waals surface area contributed by atoms with Crippen molar-refractivity contribution in [1.82, 2.24) is 14.9 Å². The largest absolute Gasteiger partial charge is 0.497 e. The Morgan fingerprint density at radius 1 is 1.10 bits per heavy atom. The second-order valence-electron chi connectivity index (χ2n) is 7.47. The Hall–Kier alpha value is -3.28. The quantitative estimate of drug-likeness (QED) is 0.663. The van der Waals surface area contributed by atoms with E-state index in [0.29, 0.717) is 31.8 Å². The highest BCUT2D eigenvalue weighted by Crippen LogP contribution is 2.23. The summed E-state index contributed by atoms with van der Waals surface area (Å²) in [5.41, 5.74) is 4.73. The Balaban J connectivity index is 1.50. The number of hydrogen-bond donors (Lipinski definition) is 0. The van der Waals surface area contributed by atoms with E-state index >= 15 is 0 Å². The number of amides is 1. The van der Waals surface area contributed by atoms with Gasteiger partial charge in [0.25, 0.3) is 0 Å². The molecule has 0 bridgehead atoms. The number of methoxy groups -OCH3 is 1. The second kappa shape index (κ2) is 8.61. The Kier molecular flexibility index (Phi) is 5.74. The zero-order valence-electron chi connectivity index (χ0n) is 17.2. The van der Waals surface area contributed by atoms with E-state index in [2.05, 4.69) is 4.98 Å². The van der Waals surface area contributed by atoms with Gasteiger partial charge in [-0.2, -0.15) is 0 Å². The average Bonchev–Trinajstić information content (AvgIpc) is 2.97. The molecule has 1 aliphatic rings. The van der Waals surface area contributed by atoms with Crippen LogP contribution in [0.4, 0.5) is 4.39 Å². The smallest absolute Gasteiger partial charge is 0.227 e. The van der Waals surface area contributed by atoms with E-state index in [1.54, 1.807) is 19.2 Å². The summed E-state index contributed by atoms with van der Waals surface area (Å²) in [6.45, 7) is 3.24. The molecule has 0 N–H and O–H groups in total. The fraction of sp³-hybridized carbons (Fsp3) is 0.292. The van der Waals surface area contributed by atoms with Gasteiger partial charge in [0.15, 0.2) is 5.82 Å². The van der Waals surface area contributed by atoms with Crippen LogP contribution in [0.2, 0.25) is 0 Å². The molecule has 1 aliphatic heterocycles. The van der Waals surface area contributed by atoms with E-state index < -0.39 is 0 Å². The first-order valence-electron chi connectivity index (χ1n) is 10.1. The fourth-order valence-corrected chi connectivity index (χ4v) is 3.83. The monoisotopic (exact) mass is 405 g/mol. The summed E-state index contributed by atoms with van der Waals surface area (Å²) >= 11 is 0. The normalized spacial score (nSPS) is 13.5. The molecule has 2 aromatic carbocycles. The number of benzene rings is 2. The van der Waals surface area contributed by atoms with E-state index in [-0.39, 0.29) is 11.7 Å². The summed E-state index contributed by atoms with van der Waals surface area (Å²) in [6, 6.07) is 13.8. The first-order valence-corrected chi connectivity index (χ1v) is 10.1. The number of carbonyl (C=O) groups excluding carboxylic acids is 1. The minimum absolute atomic E-state index is 0.0976. The molecule has 154 valence electrons. The van der Waals surface area contributed by atoms with Crippen molar-refractivity contribution in [3.63, 3.8) is 0 Å². The van der Waals surface area contributed by atoms with Crippen molar-refractivity contribution >= 4 is 5.91 Å². The highest BCUT2D eigenvalue weighted by atomic mass is 19.1. The fourth-order valence-electron chi connectivity index (χ4n) is 3.83. The number of hydrogen-bond acceptors (Lipinski definition) is 4. The van der Waals surface area contributed by atoms with Crippen LogP contribution in [-0.2, 0) is 24.1 Å². The van der Waals surface area contributed by atoms with E-state index in [1.807, 2.05) is 36.1 Å². The topological polar surface area (TPSA) is 55.3 Å². The van der Waals surface area contributed by atoms with Gasteiger partial charge in [-0.3, -0.25) is 4.79 Å². The first-order chi connectivity index (χ1) is 14.5. The van der Waals surface area contributed by atoms with Gasteiger partial charge in [0, 0.05) is 36.5 Å². The minimum atomic E-state index is -0.282. The first kappa shape index (κ1) is 20.0. The molecule has 30 heavy (non-hydrogen) atoms. The van der Waals surface area contributed by atoms with Gasteiger partial charge in [-0.05, 0) is 60.9 Å². The molecule has 0 saturated carbocycles. The number of fused-ring (bicyclic) bond motifs is 1. The molecule has 0 saturated heterocycles. The molecule has 1 amide bonds. The van der Waals surface area contributed by atoms with Gasteiger partial charge < -0.3 is 9.64 Å². The van der Waals surface area contributed by atoms with E-state index in [4.69, 9.17) is 9.72 Å². The summed E-state index contributed by atoms with van der Waals surface area (Å²) in [4.78, 5) is 24.2. The summed E-state index contributed by atoms with van der Waals surface area (Å²) in [7, 11) is 1.62. The van der Waals surface area contributed by atoms with Crippen molar-refractivity contribution < 1.29 is 13.9 Å². The van der Waals surface area contributed by atoms with E-state index in [1.165, 1.54) is 12.1 Å². The van der Waals surface area contributed by atoms with Gasteiger partial charge in [-0.1, -0.05) is 12.1 Å². The molecule has 0 radical (unpaired) electrons. The van der Waals surface area contributed by atoms with Crippen LogP contribution in [0.1, 0.15) is 22.5 Å². The lowest BCUT2D eigenvalue weighted by Crippen LogP contribution is -2.34. The average molecular weight is 405 g/mol. The summed E-state index contributed by atoms with van der Waals surface area (Å²) < 4.78 is 18.5. The van der Waals surface area contributed by atoms with Crippen molar-refractivity contribution in [1.29, 1.82) is 0 Å². The maximum absolute atomic E-state index is 13.2.